The molecule has 6 nitrogen and oxygen atoms in total. The molecule has 0 atom stereocenters. The van der Waals surface area contributed by atoms with E-state index in [1.54, 1.807) is 11.3 Å². The number of fused-ring (bicyclic) bond motifs is 1. The summed E-state index contributed by atoms with van der Waals surface area (Å²) in [5.41, 5.74) is 1.86. The Bertz CT molecular complexity index is 763. The number of nitrogens with one attached hydrogen (secondary N) is 3. The van der Waals surface area contributed by atoms with Gasteiger partial charge in [-0.3, -0.25) is 9.69 Å². The summed E-state index contributed by atoms with van der Waals surface area (Å²) in [6.45, 7) is 3.06. The summed E-state index contributed by atoms with van der Waals surface area (Å²) in [4.78, 5) is 27.3. The summed E-state index contributed by atoms with van der Waals surface area (Å²) < 4.78 is 12.8. The molecule has 1 aliphatic rings. The first-order valence-corrected chi connectivity index (χ1v) is 9.33. The molecule has 8 heteroatoms. The van der Waals surface area contributed by atoms with Crippen molar-refractivity contribution in [1.82, 2.24) is 15.5 Å². The van der Waals surface area contributed by atoms with Gasteiger partial charge in [0.1, 0.15) is 5.82 Å². The third-order valence-electron chi connectivity index (χ3n) is 4.14. The van der Waals surface area contributed by atoms with E-state index in [1.807, 2.05) is 0 Å². The van der Waals surface area contributed by atoms with E-state index < -0.39 is 0 Å². The van der Waals surface area contributed by atoms with Crippen LogP contribution in [-0.4, -0.2) is 43.0 Å². The smallest absolute Gasteiger partial charge is 0.315 e. The normalized spacial score (nSPS) is 13.7. The summed E-state index contributed by atoms with van der Waals surface area (Å²) in [5.74, 6) is -0.739. The lowest BCUT2D eigenvalue weighted by Crippen LogP contribution is -2.43. The van der Waals surface area contributed by atoms with Gasteiger partial charge in [-0.15, -0.1) is 11.3 Å². The van der Waals surface area contributed by atoms with Crippen LogP contribution < -0.4 is 16.0 Å². The molecule has 2 aromatic rings. The van der Waals surface area contributed by atoms with Crippen LogP contribution in [0.2, 0.25) is 0 Å². The molecule has 0 spiro atoms. The maximum absolute atomic E-state index is 12.8. The summed E-state index contributed by atoms with van der Waals surface area (Å²) in [7, 11) is 0. The van der Waals surface area contributed by atoms with Gasteiger partial charge in [-0.1, -0.05) is 0 Å². The Labute approximate surface area is 155 Å². The number of nitrogens with zero attached hydrogens (tertiary/aromatic N) is 1. The van der Waals surface area contributed by atoms with Gasteiger partial charge < -0.3 is 16.0 Å². The number of amides is 3. The average molecular weight is 376 g/mol. The van der Waals surface area contributed by atoms with Crippen molar-refractivity contribution < 1.29 is 14.0 Å². The summed E-state index contributed by atoms with van der Waals surface area (Å²) in [6, 6.07) is 7.22. The number of urea groups is 1. The molecule has 0 saturated carbocycles. The Morgan fingerprint density at radius 1 is 1.15 bits per heavy atom. The van der Waals surface area contributed by atoms with Crippen LogP contribution in [0.1, 0.15) is 10.4 Å². The first kappa shape index (κ1) is 18.3. The number of halogens is 1. The van der Waals surface area contributed by atoms with Gasteiger partial charge in [-0.2, -0.15) is 0 Å². The van der Waals surface area contributed by atoms with E-state index >= 15 is 0 Å². The molecule has 1 aromatic carbocycles. The predicted molar refractivity (Wildman–Crippen MR) is 99.7 cm³/mol. The number of thiophene rings is 1. The van der Waals surface area contributed by atoms with Crippen LogP contribution in [0.4, 0.5) is 14.9 Å². The lowest BCUT2D eigenvalue weighted by atomic mass is 10.1. The van der Waals surface area contributed by atoms with Crippen LogP contribution >= 0.6 is 11.3 Å². The molecule has 0 fully saturated rings. The maximum Gasteiger partial charge on any atom is 0.315 e. The first-order valence-electron chi connectivity index (χ1n) is 8.45. The summed E-state index contributed by atoms with van der Waals surface area (Å²) >= 11 is 1.80. The average Bonchev–Trinajstić information content (AvgIpc) is 3.10. The van der Waals surface area contributed by atoms with Crippen LogP contribution in [-0.2, 0) is 17.8 Å². The molecule has 2 heterocycles. The second-order valence-corrected chi connectivity index (χ2v) is 7.06. The van der Waals surface area contributed by atoms with Gasteiger partial charge >= 0.3 is 6.03 Å². The fourth-order valence-electron chi connectivity index (χ4n) is 2.79. The van der Waals surface area contributed by atoms with E-state index in [9.17, 15) is 14.0 Å². The zero-order valence-electron chi connectivity index (χ0n) is 14.3. The Kier molecular flexibility index (Phi) is 6.19. The number of hydrogen-bond acceptors (Lipinski definition) is 4. The quantitative estimate of drug-likeness (QED) is 0.724. The highest BCUT2D eigenvalue weighted by atomic mass is 32.1. The second-order valence-electron chi connectivity index (χ2n) is 6.06. The van der Waals surface area contributed by atoms with Gasteiger partial charge in [0, 0.05) is 36.7 Å². The van der Waals surface area contributed by atoms with Crippen LogP contribution in [0.5, 0.6) is 0 Å². The van der Waals surface area contributed by atoms with E-state index in [0.717, 1.165) is 26.1 Å². The molecule has 0 saturated heterocycles. The van der Waals surface area contributed by atoms with Crippen molar-refractivity contribution in [1.29, 1.82) is 0 Å². The van der Waals surface area contributed by atoms with E-state index in [-0.39, 0.29) is 24.3 Å². The zero-order valence-corrected chi connectivity index (χ0v) is 15.1. The molecule has 1 aliphatic heterocycles. The molecule has 3 N–H and O–H groups in total. The third-order valence-corrected chi connectivity index (χ3v) is 5.16. The van der Waals surface area contributed by atoms with Crippen LogP contribution in [0, 0.1) is 5.82 Å². The Hall–Kier alpha value is -2.45. The van der Waals surface area contributed by atoms with Crippen molar-refractivity contribution in [3.05, 3.63) is 52.0 Å². The molecule has 3 amide bonds. The molecule has 0 aliphatic carbocycles. The third kappa shape index (κ3) is 5.27. The summed E-state index contributed by atoms with van der Waals surface area (Å²) in [5, 5.41) is 9.97. The van der Waals surface area contributed by atoms with Crippen molar-refractivity contribution in [3.63, 3.8) is 0 Å². The molecule has 1 aromatic heterocycles. The molecule has 3 rings (SSSR count). The number of hydrogen-bond donors (Lipinski definition) is 3. The van der Waals surface area contributed by atoms with Gasteiger partial charge in [-0.25, -0.2) is 9.18 Å². The predicted octanol–water partition coefficient (Wildman–Crippen LogP) is 2.18. The fourth-order valence-corrected chi connectivity index (χ4v) is 3.68. The van der Waals surface area contributed by atoms with Crippen molar-refractivity contribution >= 4 is 29.0 Å². The van der Waals surface area contributed by atoms with Crippen LogP contribution in [0.25, 0.3) is 0 Å². The highest BCUT2D eigenvalue weighted by Crippen LogP contribution is 2.23. The number of carbonyl (C=O) groups excluding carboxylic acids is 2. The van der Waals surface area contributed by atoms with E-state index in [0.29, 0.717) is 12.2 Å². The monoisotopic (exact) mass is 376 g/mol. The Morgan fingerprint density at radius 2 is 1.96 bits per heavy atom. The van der Waals surface area contributed by atoms with Crippen molar-refractivity contribution in [2.24, 2.45) is 0 Å². The van der Waals surface area contributed by atoms with Gasteiger partial charge in [0.05, 0.1) is 6.54 Å². The minimum absolute atomic E-state index is 0.148. The Balaban J connectivity index is 1.30. The van der Waals surface area contributed by atoms with Crippen molar-refractivity contribution in [2.45, 2.75) is 13.0 Å². The van der Waals surface area contributed by atoms with E-state index in [1.165, 1.54) is 34.7 Å². The minimum atomic E-state index is -0.382. The van der Waals surface area contributed by atoms with E-state index in [2.05, 4.69) is 32.3 Å². The highest BCUT2D eigenvalue weighted by molar-refractivity contribution is 7.10. The highest BCUT2D eigenvalue weighted by Gasteiger charge is 2.16. The largest absolute Gasteiger partial charge is 0.337 e. The Morgan fingerprint density at radius 3 is 2.77 bits per heavy atom. The summed E-state index contributed by atoms with van der Waals surface area (Å²) in [6.07, 6.45) is 1.06. The number of benzene rings is 1. The molecular formula is C18H21FN4O2S. The lowest BCUT2D eigenvalue weighted by molar-refractivity contribution is -0.115. The van der Waals surface area contributed by atoms with Crippen LogP contribution in [0.3, 0.4) is 0 Å². The molecule has 0 bridgehead atoms. The molecular weight excluding hydrogens is 355 g/mol. The zero-order chi connectivity index (χ0) is 18.4. The molecule has 0 unspecified atom stereocenters. The van der Waals surface area contributed by atoms with Gasteiger partial charge in [0.2, 0.25) is 5.91 Å². The van der Waals surface area contributed by atoms with E-state index in [4.69, 9.17) is 0 Å². The first-order chi connectivity index (χ1) is 12.6. The van der Waals surface area contributed by atoms with Crippen molar-refractivity contribution in [2.75, 3.05) is 31.5 Å². The number of carbonyl (C=O) groups is 2. The minimum Gasteiger partial charge on any atom is -0.337 e. The lowest BCUT2D eigenvalue weighted by Gasteiger charge is -2.26. The standard InChI is InChI=1S/C18H21FN4O2S/c19-14-1-3-15(4-2-14)22-17(24)11-21-18(25)20-7-9-23-8-5-16-13(12-23)6-10-26-16/h1-4,6,10H,5,7-9,11-12H2,(H,22,24)(H2,20,21,25). The number of rotatable bonds is 6. The fraction of sp³-hybridized carbons (Fsp3) is 0.333. The molecule has 0 radical (unpaired) electrons. The molecule has 138 valence electrons. The second kappa shape index (κ2) is 8.77. The maximum atomic E-state index is 12.8. The van der Waals surface area contributed by atoms with Gasteiger partial charge in [0.25, 0.3) is 0 Å². The number of anilines is 1. The molecule has 26 heavy (non-hydrogen) atoms. The topological polar surface area (TPSA) is 73.5 Å². The SMILES string of the molecule is O=C(CNC(=O)NCCN1CCc2sccc2C1)Nc1ccc(F)cc1. The van der Waals surface area contributed by atoms with Crippen molar-refractivity contribution in [3.8, 4) is 0 Å². The van der Waals surface area contributed by atoms with Crippen LogP contribution in [0.15, 0.2) is 35.7 Å². The van der Waals surface area contributed by atoms with Gasteiger partial charge in [0.15, 0.2) is 0 Å². The van der Waals surface area contributed by atoms with Gasteiger partial charge in [-0.05, 0) is 47.7 Å².